The monoisotopic (exact) mass is 334 g/mol. The highest BCUT2D eigenvalue weighted by Gasteiger charge is 2.13. The number of carboxylic acid groups (broad SMARTS) is 3. The fourth-order valence-corrected chi connectivity index (χ4v) is 0.900. The smallest absolute Gasteiger partial charge is 0.371 e. The number of aliphatic carboxylic acids is 3. The molecular formula is C15H26O8. The summed E-state index contributed by atoms with van der Waals surface area (Å²) in [6.45, 7) is 8.38. The normalized spacial score (nSPS) is 10.3. The van der Waals surface area contributed by atoms with E-state index < -0.39 is 23.7 Å². The second-order valence-electron chi connectivity index (χ2n) is 5.20. The van der Waals surface area contributed by atoms with Crippen molar-refractivity contribution in [2.45, 2.75) is 53.9 Å². The second kappa shape index (κ2) is 14.7. The van der Waals surface area contributed by atoms with E-state index in [9.17, 15) is 24.0 Å². The lowest BCUT2D eigenvalue weighted by molar-refractivity contribution is -0.148. The molecule has 8 heteroatoms. The molecular weight excluding hydrogens is 308 g/mol. The first-order chi connectivity index (χ1) is 10.3. The van der Waals surface area contributed by atoms with Gasteiger partial charge in [0.2, 0.25) is 5.78 Å². The zero-order chi connectivity index (χ0) is 19.2. The molecule has 0 heterocycles. The first-order valence-electron chi connectivity index (χ1n) is 7.05. The van der Waals surface area contributed by atoms with Crippen LogP contribution >= 0.6 is 0 Å². The summed E-state index contributed by atoms with van der Waals surface area (Å²) in [5, 5.41) is 23.9. The number of hydrogen-bond donors (Lipinski definition) is 3. The number of carbonyl (C=O) groups excluding carboxylic acids is 2. The van der Waals surface area contributed by atoms with E-state index in [4.69, 9.17) is 15.3 Å². The predicted octanol–water partition coefficient (Wildman–Crippen LogP) is 1.85. The molecule has 1 atom stereocenters. The Labute approximate surface area is 135 Å². The summed E-state index contributed by atoms with van der Waals surface area (Å²) in [7, 11) is 0. The van der Waals surface area contributed by atoms with Crippen LogP contribution in [0.5, 0.6) is 0 Å². The predicted molar refractivity (Wildman–Crippen MR) is 82.1 cm³/mol. The molecule has 0 fully saturated rings. The third-order valence-electron chi connectivity index (χ3n) is 2.37. The first kappa shape index (κ1) is 25.7. The average Bonchev–Trinajstić information content (AvgIpc) is 2.36. The largest absolute Gasteiger partial charge is 0.481 e. The van der Waals surface area contributed by atoms with Crippen molar-refractivity contribution in [1.29, 1.82) is 0 Å². The molecule has 0 aromatic heterocycles. The van der Waals surface area contributed by atoms with Crippen molar-refractivity contribution in [3.8, 4) is 0 Å². The van der Waals surface area contributed by atoms with Crippen LogP contribution in [-0.2, 0) is 24.0 Å². The third kappa shape index (κ3) is 25.1. The molecule has 0 radical (unpaired) electrons. The van der Waals surface area contributed by atoms with Gasteiger partial charge in [-0.15, -0.1) is 0 Å². The van der Waals surface area contributed by atoms with Gasteiger partial charge in [0.05, 0.1) is 0 Å². The van der Waals surface area contributed by atoms with Gasteiger partial charge in [-0.3, -0.25) is 19.2 Å². The molecule has 0 bridgehead atoms. The minimum absolute atomic E-state index is 0.115. The van der Waals surface area contributed by atoms with Crippen LogP contribution in [0.1, 0.15) is 53.9 Å². The van der Waals surface area contributed by atoms with Crippen LogP contribution in [-0.4, -0.2) is 44.8 Å². The summed E-state index contributed by atoms with van der Waals surface area (Å²) < 4.78 is 0. The van der Waals surface area contributed by atoms with Crippen LogP contribution in [0.4, 0.5) is 0 Å². The summed E-state index contributed by atoms with van der Waals surface area (Å²) in [5.41, 5.74) is 0. The van der Waals surface area contributed by atoms with Crippen LogP contribution in [0.25, 0.3) is 0 Å². The van der Waals surface area contributed by atoms with Gasteiger partial charge in [0.15, 0.2) is 0 Å². The highest BCUT2D eigenvalue weighted by Crippen LogP contribution is 2.04. The Morgan fingerprint density at radius 3 is 1.39 bits per heavy atom. The first-order valence-corrected chi connectivity index (χ1v) is 7.05. The molecule has 0 amide bonds. The van der Waals surface area contributed by atoms with Crippen molar-refractivity contribution in [1.82, 2.24) is 0 Å². The van der Waals surface area contributed by atoms with Gasteiger partial charge in [0.25, 0.3) is 0 Å². The topological polar surface area (TPSA) is 146 Å². The van der Waals surface area contributed by atoms with E-state index in [1.54, 1.807) is 6.92 Å². The van der Waals surface area contributed by atoms with E-state index in [1.165, 1.54) is 0 Å². The lowest BCUT2D eigenvalue weighted by Crippen LogP contribution is -2.14. The fourth-order valence-electron chi connectivity index (χ4n) is 0.900. The maximum Gasteiger partial charge on any atom is 0.371 e. The van der Waals surface area contributed by atoms with Crippen LogP contribution in [0.15, 0.2) is 0 Å². The number of ketones is 2. The molecule has 134 valence electrons. The van der Waals surface area contributed by atoms with Gasteiger partial charge in [-0.2, -0.15) is 0 Å². The van der Waals surface area contributed by atoms with Crippen molar-refractivity contribution < 1.29 is 39.3 Å². The number of carbonyl (C=O) groups is 5. The SMILES string of the molecule is CC(=O)C(=O)O.CC(C)CC(=O)O.CCC(C)C(=O)CC(=O)O. The summed E-state index contributed by atoms with van der Waals surface area (Å²) in [6, 6.07) is 0. The summed E-state index contributed by atoms with van der Waals surface area (Å²) in [6.07, 6.45) is 0.654. The van der Waals surface area contributed by atoms with E-state index in [2.05, 4.69) is 0 Å². The molecule has 0 saturated heterocycles. The molecule has 0 aromatic carbocycles. The van der Waals surface area contributed by atoms with E-state index >= 15 is 0 Å². The standard InChI is InChI=1S/C7H12O3.C5H10O2.C3H4O3/c1-3-5(2)6(8)4-7(9)10;1-4(2)3-5(6)7;1-2(4)3(5)6/h5H,3-4H2,1-2H3,(H,9,10);4H,3H2,1-2H3,(H,6,7);1H3,(H,5,6). The molecule has 0 aliphatic heterocycles. The highest BCUT2D eigenvalue weighted by molar-refractivity contribution is 6.31. The van der Waals surface area contributed by atoms with Crippen molar-refractivity contribution in [2.75, 3.05) is 0 Å². The Morgan fingerprint density at radius 2 is 1.26 bits per heavy atom. The third-order valence-corrected chi connectivity index (χ3v) is 2.37. The van der Waals surface area contributed by atoms with Crippen LogP contribution in [0, 0.1) is 11.8 Å². The van der Waals surface area contributed by atoms with E-state index in [0.717, 1.165) is 6.92 Å². The molecule has 23 heavy (non-hydrogen) atoms. The zero-order valence-corrected chi connectivity index (χ0v) is 14.2. The number of Topliss-reactive ketones (excluding diaryl/α,β-unsaturated/α-hetero) is 2. The van der Waals surface area contributed by atoms with E-state index in [-0.39, 0.29) is 30.5 Å². The van der Waals surface area contributed by atoms with Crippen molar-refractivity contribution in [2.24, 2.45) is 11.8 Å². The molecule has 0 spiro atoms. The van der Waals surface area contributed by atoms with Crippen LogP contribution < -0.4 is 0 Å². The molecule has 0 aliphatic rings. The Balaban J connectivity index is -0.000000272. The number of rotatable bonds is 7. The minimum atomic E-state index is -1.38. The van der Waals surface area contributed by atoms with Gasteiger partial charge in [0, 0.05) is 19.3 Å². The van der Waals surface area contributed by atoms with Crippen molar-refractivity contribution in [3.63, 3.8) is 0 Å². The molecule has 0 aromatic rings. The maximum atomic E-state index is 10.8. The zero-order valence-electron chi connectivity index (χ0n) is 14.2. The number of carboxylic acids is 3. The molecule has 0 aliphatic carbocycles. The number of hydrogen-bond acceptors (Lipinski definition) is 5. The van der Waals surface area contributed by atoms with Crippen LogP contribution in [0.2, 0.25) is 0 Å². The van der Waals surface area contributed by atoms with Gasteiger partial charge in [-0.25, -0.2) is 4.79 Å². The molecule has 0 rings (SSSR count). The Morgan fingerprint density at radius 1 is 0.870 bits per heavy atom. The van der Waals surface area contributed by atoms with E-state index in [0.29, 0.717) is 6.42 Å². The molecule has 3 N–H and O–H groups in total. The minimum Gasteiger partial charge on any atom is -0.481 e. The van der Waals surface area contributed by atoms with Gasteiger partial charge >= 0.3 is 17.9 Å². The van der Waals surface area contributed by atoms with Gasteiger partial charge < -0.3 is 15.3 Å². The molecule has 0 saturated carbocycles. The van der Waals surface area contributed by atoms with Crippen LogP contribution in [0.3, 0.4) is 0 Å². The Bertz CT molecular complexity index is 400. The maximum absolute atomic E-state index is 10.8. The van der Waals surface area contributed by atoms with Gasteiger partial charge in [-0.05, 0) is 12.3 Å². The highest BCUT2D eigenvalue weighted by atomic mass is 16.4. The van der Waals surface area contributed by atoms with Crippen molar-refractivity contribution >= 4 is 29.5 Å². The average molecular weight is 334 g/mol. The molecule has 1 unspecified atom stereocenters. The lowest BCUT2D eigenvalue weighted by atomic mass is 10.0. The van der Waals surface area contributed by atoms with Gasteiger partial charge in [-0.1, -0.05) is 27.7 Å². The fraction of sp³-hybridized carbons (Fsp3) is 0.667. The summed E-state index contributed by atoms with van der Waals surface area (Å²) in [5.74, 6) is -3.98. The lowest BCUT2D eigenvalue weighted by Gasteiger charge is -2.02. The van der Waals surface area contributed by atoms with E-state index in [1.807, 2.05) is 20.8 Å². The Hall–Kier alpha value is -2.25. The summed E-state index contributed by atoms with van der Waals surface area (Å²) >= 11 is 0. The van der Waals surface area contributed by atoms with Crippen molar-refractivity contribution in [3.05, 3.63) is 0 Å². The quantitative estimate of drug-likeness (QED) is 0.472. The second-order valence-corrected chi connectivity index (χ2v) is 5.20. The Kier molecular flexibility index (Phi) is 16.4. The van der Waals surface area contributed by atoms with Gasteiger partial charge in [0.1, 0.15) is 12.2 Å². The molecule has 8 nitrogen and oxygen atoms in total. The summed E-state index contributed by atoms with van der Waals surface area (Å²) in [4.78, 5) is 49.5.